The Morgan fingerprint density at radius 3 is 2.00 bits per heavy atom. The topological polar surface area (TPSA) is 21.3 Å². The minimum Gasteiger partial charge on any atom is -0.456 e. The lowest BCUT2D eigenvalue weighted by Crippen LogP contribution is -2.16. The van der Waals surface area contributed by atoms with Crippen LogP contribution in [0, 0.1) is 0 Å². The fourth-order valence-electron chi connectivity index (χ4n) is 10.6. The molecule has 0 radical (unpaired) electrons. The molecule has 3 heteroatoms. The molecule has 0 unspecified atom stereocenters. The summed E-state index contributed by atoms with van der Waals surface area (Å²) >= 11 is 0. The second-order valence-corrected chi connectivity index (χ2v) is 17.3. The number of nitrogens with zero attached hydrogens (tertiary/aromatic N) is 2. The van der Waals surface area contributed by atoms with E-state index in [9.17, 15) is 0 Å². The van der Waals surface area contributed by atoms with Crippen molar-refractivity contribution in [1.29, 1.82) is 0 Å². The number of anilines is 3. The van der Waals surface area contributed by atoms with Gasteiger partial charge >= 0.3 is 0 Å². The third kappa shape index (κ3) is 5.06. The molecule has 0 spiro atoms. The van der Waals surface area contributed by atoms with Crippen LogP contribution in [0.5, 0.6) is 0 Å². The Balaban J connectivity index is 1.04. The van der Waals surface area contributed by atoms with Crippen LogP contribution in [0.2, 0.25) is 0 Å². The van der Waals surface area contributed by atoms with Crippen LogP contribution in [-0.2, 0) is 5.41 Å². The molecule has 0 saturated carbocycles. The van der Waals surface area contributed by atoms with Gasteiger partial charge in [-0.05, 0) is 128 Å². The van der Waals surface area contributed by atoms with E-state index >= 15 is 0 Å². The molecule has 1 aliphatic carbocycles. The Labute approximate surface area is 359 Å². The van der Waals surface area contributed by atoms with Crippen LogP contribution < -0.4 is 4.90 Å². The molecule has 0 fully saturated rings. The molecule has 0 N–H and O–H groups in total. The highest BCUT2D eigenvalue weighted by atomic mass is 16.3. The van der Waals surface area contributed by atoms with Crippen LogP contribution in [0.25, 0.3) is 93.2 Å². The second-order valence-electron chi connectivity index (χ2n) is 17.3. The van der Waals surface area contributed by atoms with Gasteiger partial charge in [0.1, 0.15) is 11.2 Å². The zero-order valence-electron chi connectivity index (χ0n) is 34.4. The quantitative estimate of drug-likeness (QED) is 0.162. The Morgan fingerprint density at radius 2 is 1.10 bits per heavy atom. The zero-order valence-corrected chi connectivity index (χ0v) is 34.4. The van der Waals surface area contributed by atoms with Crippen molar-refractivity contribution < 1.29 is 4.42 Å². The van der Waals surface area contributed by atoms with Crippen molar-refractivity contribution in [2.45, 2.75) is 19.3 Å². The van der Waals surface area contributed by atoms with E-state index < -0.39 is 0 Å². The molecule has 0 bridgehead atoms. The van der Waals surface area contributed by atoms with Gasteiger partial charge in [-0.1, -0.05) is 147 Å². The first kappa shape index (κ1) is 34.9. The lowest BCUT2D eigenvalue weighted by atomic mass is 9.82. The van der Waals surface area contributed by atoms with Crippen LogP contribution in [0.4, 0.5) is 17.1 Å². The summed E-state index contributed by atoms with van der Waals surface area (Å²) in [5.41, 5.74) is 16.0. The third-order valence-electron chi connectivity index (χ3n) is 13.5. The summed E-state index contributed by atoms with van der Waals surface area (Å²) in [4.78, 5) is 2.45. The van der Waals surface area contributed by atoms with E-state index in [1.807, 2.05) is 0 Å². The zero-order chi connectivity index (χ0) is 41.1. The van der Waals surface area contributed by atoms with Crippen molar-refractivity contribution in [2.75, 3.05) is 4.90 Å². The maximum Gasteiger partial charge on any atom is 0.137 e. The van der Waals surface area contributed by atoms with Crippen molar-refractivity contribution >= 4 is 82.4 Å². The lowest BCUT2D eigenvalue weighted by molar-refractivity contribution is 0.660. The number of para-hydroxylation sites is 2. The van der Waals surface area contributed by atoms with Crippen molar-refractivity contribution in [3.63, 3.8) is 0 Å². The second kappa shape index (κ2) is 13.1. The van der Waals surface area contributed by atoms with E-state index in [2.05, 4.69) is 230 Å². The largest absolute Gasteiger partial charge is 0.456 e. The van der Waals surface area contributed by atoms with Gasteiger partial charge in [-0.2, -0.15) is 0 Å². The van der Waals surface area contributed by atoms with Gasteiger partial charge in [-0.25, -0.2) is 0 Å². The predicted octanol–water partition coefficient (Wildman–Crippen LogP) is 16.4. The average Bonchev–Trinajstić information content (AvgIpc) is 3.94. The summed E-state index contributed by atoms with van der Waals surface area (Å²) in [5.74, 6) is 0. The van der Waals surface area contributed by atoms with Crippen molar-refractivity contribution in [3.05, 3.63) is 217 Å². The summed E-state index contributed by atoms with van der Waals surface area (Å²) in [5, 5.41) is 9.60. The van der Waals surface area contributed by atoms with Crippen LogP contribution >= 0.6 is 0 Å². The normalized spacial score (nSPS) is 13.1. The molecule has 0 atom stereocenters. The number of furan rings is 1. The molecular weight excluding hydrogens is 753 g/mol. The maximum absolute atomic E-state index is 6.74. The Morgan fingerprint density at radius 1 is 0.419 bits per heavy atom. The summed E-state index contributed by atoms with van der Waals surface area (Å²) < 4.78 is 9.13. The van der Waals surface area contributed by atoms with Gasteiger partial charge in [0.05, 0.1) is 22.1 Å². The molecule has 2 aromatic heterocycles. The maximum atomic E-state index is 6.74. The Kier molecular flexibility index (Phi) is 7.36. The summed E-state index contributed by atoms with van der Waals surface area (Å²) in [6, 6.07) is 75.5. The van der Waals surface area contributed by atoms with Gasteiger partial charge in [0.25, 0.3) is 0 Å². The molecule has 0 aliphatic heterocycles. The van der Waals surface area contributed by atoms with Crippen molar-refractivity contribution in [2.24, 2.45) is 0 Å². The van der Waals surface area contributed by atoms with Crippen LogP contribution in [-0.4, -0.2) is 4.57 Å². The number of benzene rings is 10. The SMILES string of the molecule is CC1(C)c2ccccc2-c2ccc(N(c3ccc4ccc5ccccc5c4c3)c3cccc4oc5ccc(-c6ccc7c8ccccc8n(-c8ccccc8)c7c6)cc5c34)cc21. The number of aromatic nitrogens is 1. The molecule has 62 heavy (non-hydrogen) atoms. The number of hydrogen-bond acceptors (Lipinski definition) is 2. The number of rotatable bonds is 5. The summed E-state index contributed by atoms with van der Waals surface area (Å²) in [6.45, 7) is 4.72. The molecule has 1 aliphatic rings. The monoisotopic (exact) mass is 792 g/mol. The van der Waals surface area contributed by atoms with Gasteiger partial charge in [0.15, 0.2) is 0 Å². The van der Waals surface area contributed by atoms with Gasteiger partial charge < -0.3 is 13.9 Å². The molecular formula is C59H40N2O. The van der Waals surface area contributed by atoms with Crippen LogP contribution in [0.3, 0.4) is 0 Å². The van der Waals surface area contributed by atoms with Gasteiger partial charge in [-0.15, -0.1) is 0 Å². The highest BCUT2D eigenvalue weighted by molar-refractivity contribution is 6.16. The van der Waals surface area contributed by atoms with Gasteiger partial charge in [0.2, 0.25) is 0 Å². The molecule has 13 rings (SSSR count). The minimum atomic E-state index is -0.149. The molecule has 10 aromatic carbocycles. The first-order chi connectivity index (χ1) is 30.5. The molecule has 292 valence electrons. The first-order valence-corrected chi connectivity index (χ1v) is 21.5. The summed E-state index contributed by atoms with van der Waals surface area (Å²) in [7, 11) is 0. The fraction of sp³-hybridized carbons (Fsp3) is 0.0508. The first-order valence-electron chi connectivity index (χ1n) is 21.5. The molecule has 2 heterocycles. The lowest BCUT2D eigenvalue weighted by Gasteiger charge is -2.29. The summed E-state index contributed by atoms with van der Waals surface area (Å²) in [6.07, 6.45) is 0. The van der Waals surface area contributed by atoms with E-state index in [4.69, 9.17) is 4.42 Å². The molecule has 0 saturated heterocycles. The van der Waals surface area contributed by atoms with Gasteiger partial charge in [-0.3, -0.25) is 0 Å². The van der Waals surface area contributed by atoms with E-state index in [-0.39, 0.29) is 5.41 Å². The molecule has 3 nitrogen and oxygen atoms in total. The average molecular weight is 793 g/mol. The highest BCUT2D eigenvalue weighted by Crippen LogP contribution is 2.52. The number of hydrogen-bond donors (Lipinski definition) is 0. The van der Waals surface area contributed by atoms with Crippen molar-refractivity contribution in [1.82, 2.24) is 4.57 Å². The Hall–Kier alpha value is -7.88. The minimum absolute atomic E-state index is 0.149. The van der Waals surface area contributed by atoms with Crippen molar-refractivity contribution in [3.8, 4) is 27.9 Å². The van der Waals surface area contributed by atoms with Crippen LogP contribution in [0.15, 0.2) is 211 Å². The van der Waals surface area contributed by atoms with E-state index in [0.717, 1.165) is 55.8 Å². The number of fused-ring (bicyclic) bond motifs is 12. The highest BCUT2D eigenvalue weighted by Gasteiger charge is 2.36. The van der Waals surface area contributed by atoms with E-state index in [1.54, 1.807) is 0 Å². The van der Waals surface area contributed by atoms with Gasteiger partial charge in [0, 0.05) is 38.6 Å². The van der Waals surface area contributed by atoms with Crippen LogP contribution in [0.1, 0.15) is 25.0 Å². The smallest absolute Gasteiger partial charge is 0.137 e. The molecule has 12 aromatic rings. The van der Waals surface area contributed by atoms with E-state index in [0.29, 0.717) is 0 Å². The predicted molar refractivity (Wildman–Crippen MR) is 261 cm³/mol. The Bertz CT molecular complexity index is 3790. The third-order valence-corrected chi connectivity index (χ3v) is 13.5. The standard InChI is InChI=1S/C59H40N2O/c1-59(2)51-19-10-8-17-45(51)46-31-29-43(36-52(46)59)60(42-28-25-38-24-23-37-13-6-7-16-44(37)49(38)35-42)54-21-12-22-57-58(54)50-33-39(27-32-56(50)62-57)40-26-30-48-47-18-9-11-20-53(47)61(55(48)34-40)41-14-4-3-5-15-41/h3-36H,1-2H3. The van der Waals surface area contributed by atoms with E-state index in [1.165, 1.54) is 65.6 Å². The molecule has 0 amide bonds. The fourth-order valence-corrected chi connectivity index (χ4v) is 10.6.